The number of pyridine rings is 1. The number of aryl methyl sites for hydroxylation is 3. The van der Waals surface area contributed by atoms with Crippen molar-refractivity contribution in [3.8, 4) is 0 Å². The Morgan fingerprint density at radius 3 is 1.73 bits per heavy atom. The zero-order chi connectivity index (χ0) is 26.4. The lowest BCUT2D eigenvalue weighted by Gasteiger charge is -2.00. The minimum Gasteiger partial charge on any atom is -0.307 e. The van der Waals surface area contributed by atoms with Crippen LogP contribution in [0.3, 0.4) is 0 Å². The van der Waals surface area contributed by atoms with E-state index in [4.69, 9.17) is 4.79 Å². The van der Waals surface area contributed by atoms with Gasteiger partial charge in [0.25, 0.3) is 0 Å². The average Bonchev–Trinajstić information content (AvgIpc) is 2.80. The largest absolute Gasteiger partial charge is 0.307 e. The molecular formula is C28H41BrN2O2. The first-order valence-electron chi connectivity index (χ1n) is 10.6. The van der Waals surface area contributed by atoms with E-state index in [1.165, 1.54) is 23.6 Å². The number of hydrogen-bond donors (Lipinski definition) is 0. The molecule has 0 aliphatic heterocycles. The lowest BCUT2D eigenvalue weighted by atomic mass is 10.1. The fourth-order valence-corrected chi connectivity index (χ4v) is 2.21. The first kappa shape index (κ1) is 34.9. The second kappa shape index (κ2) is 22.5. The van der Waals surface area contributed by atoms with Gasteiger partial charge in [-0.3, -0.25) is 14.8 Å². The average molecular weight is 518 g/mol. The number of benzene rings is 1. The van der Waals surface area contributed by atoms with Crippen molar-refractivity contribution in [2.45, 2.75) is 61.8 Å². The summed E-state index contributed by atoms with van der Waals surface area (Å²) in [5.41, 5.74) is 6.85. The summed E-state index contributed by atoms with van der Waals surface area (Å²) in [4.78, 5) is 26.6. The van der Waals surface area contributed by atoms with Gasteiger partial charge in [0, 0.05) is 24.6 Å². The summed E-state index contributed by atoms with van der Waals surface area (Å²) in [5.74, 6) is 0.0173. The molecule has 0 radical (unpaired) electrons. The van der Waals surface area contributed by atoms with E-state index >= 15 is 0 Å². The Hall–Kier alpha value is -2.66. The molecule has 0 atom stereocenters. The number of carbonyl (C=O) groups excluding carboxylic acids is 2. The second-order valence-corrected chi connectivity index (χ2v) is 8.03. The van der Waals surface area contributed by atoms with Crippen LogP contribution in [0.1, 0.15) is 56.5 Å². The lowest BCUT2D eigenvalue weighted by Crippen LogP contribution is -2.06. The summed E-state index contributed by atoms with van der Waals surface area (Å²) < 4.78 is 1.07. The molecule has 0 unspecified atom stereocenters. The molecule has 182 valence electrons. The molecule has 0 saturated heterocycles. The molecule has 4 nitrogen and oxygen atoms in total. The molecule has 0 bridgehead atoms. The van der Waals surface area contributed by atoms with Crippen molar-refractivity contribution in [3.05, 3.63) is 87.7 Å². The third kappa shape index (κ3) is 19.7. The van der Waals surface area contributed by atoms with Crippen LogP contribution in [0.25, 0.3) is 0 Å². The van der Waals surface area contributed by atoms with Gasteiger partial charge in [0.15, 0.2) is 5.78 Å². The number of allylic oxidation sites excluding steroid dienone is 3. The second-order valence-electron chi connectivity index (χ2n) is 7.17. The number of hydrogen-bond acceptors (Lipinski definition) is 4. The molecule has 0 fully saturated rings. The maximum Gasteiger partial charge on any atom is 0.177 e. The molecule has 0 aliphatic carbocycles. The van der Waals surface area contributed by atoms with Gasteiger partial charge in [0.1, 0.15) is 6.79 Å². The van der Waals surface area contributed by atoms with Crippen molar-refractivity contribution in [2.75, 3.05) is 7.05 Å². The van der Waals surface area contributed by atoms with E-state index in [0.29, 0.717) is 5.71 Å². The number of aliphatic imine (C=N–C) groups is 1. The smallest absolute Gasteiger partial charge is 0.177 e. The molecule has 0 N–H and O–H groups in total. The third-order valence-electron chi connectivity index (χ3n) is 4.13. The number of halogens is 1. The zero-order valence-corrected chi connectivity index (χ0v) is 23.4. The Morgan fingerprint density at radius 1 is 1.03 bits per heavy atom. The maximum absolute atomic E-state index is 10.7. The van der Waals surface area contributed by atoms with E-state index in [0.717, 1.165) is 22.2 Å². The van der Waals surface area contributed by atoms with E-state index < -0.39 is 0 Å². The zero-order valence-electron chi connectivity index (χ0n) is 21.8. The highest BCUT2D eigenvalue weighted by Gasteiger charge is 1.98. The summed E-state index contributed by atoms with van der Waals surface area (Å²) in [5, 5.41) is 0. The van der Waals surface area contributed by atoms with Crippen molar-refractivity contribution in [1.29, 1.82) is 0 Å². The predicted octanol–water partition coefficient (Wildman–Crippen LogP) is 7.77. The van der Waals surface area contributed by atoms with Gasteiger partial charge < -0.3 is 4.79 Å². The van der Waals surface area contributed by atoms with Gasteiger partial charge in [0.05, 0.1) is 11.4 Å². The van der Waals surface area contributed by atoms with Gasteiger partial charge in [-0.25, -0.2) is 0 Å². The highest BCUT2D eigenvalue weighted by atomic mass is 79.9. The molecule has 2 aromatic rings. The fraction of sp³-hybridized carbons (Fsp3) is 0.357. The van der Waals surface area contributed by atoms with Crippen LogP contribution in [0.15, 0.2) is 70.3 Å². The van der Waals surface area contributed by atoms with Crippen molar-refractivity contribution in [2.24, 2.45) is 4.99 Å². The van der Waals surface area contributed by atoms with E-state index in [-0.39, 0.29) is 5.78 Å². The number of ketones is 1. The van der Waals surface area contributed by atoms with E-state index in [9.17, 15) is 4.79 Å². The Morgan fingerprint density at radius 2 is 1.52 bits per heavy atom. The van der Waals surface area contributed by atoms with Crippen molar-refractivity contribution in [1.82, 2.24) is 4.98 Å². The van der Waals surface area contributed by atoms with Crippen LogP contribution in [-0.2, 0) is 9.59 Å². The number of carbonyl (C=O) groups is 2. The standard InChI is InChI=1S/C9H12.C8H13NO.C6H6BrN.C4H8.CH2O/c1-7-5-4-6-8(2)9(7)3;1-6(2)5-8(9-4)7(3)10;1-5-6(7)3-2-4-8-5;1-3-4-2;1-2/h4-6H,1-3H3;5H,1-4H3;2-4H,1H3;3H,1,4H2,2H3;1H2. The molecule has 0 spiro atoms. The molecule has 1 heterocycles. The lowest BCUT2D eigenvalue weighted by molar-refractivity contribution is -0.111. The molecule has 0 amide bonds. The number of aromatic nitrogens is 1. The van der Waals surface area contributed by atoms with Crippen LogP contribution in [0.4, 0.5) is 0 Å². The number of Topliss-reactive ketones (excluding diaryl/α,β-unsaturated/α-hetero) is 1. The maximum atomic E-state index is 10.7. The molecule has 2 rings (SSSR count). The fourth-order valence-electron chi connectivity index (χ4n) is 1.96. The Labute approximate surface area is 210 Å². The van der Waals surface area contributed by atoms with Crippen LogP contribution in [-0.4, -0.2) is 30.3 Å². The minimum absolute atomic E-state index is 0.0173. The summed E-state index contributed by atoms with van der Waals surface area (Å²) in [6.45, 7) is 21.3. The normalized spacial score (nSPS) is 9.09. The van der Waals surface area contributed by atoms with Crippen molar-refractivity contribution >= 4 is 34.2 Å². The van der Waals surface area contributed by atoms with E-state index in [1.807, 2.05) is 45.8 Å². The molecule has 0 aliphatic rings. The van der Waals surface area contributed by atoms with Gasteiger partial charge in [0.2, 0.25) is 0 Å². The molecule has 0 saturated carbocycles. The quantitative estimate of drug-likeness (QED) is 0.309. The number of nitrogens with zero attached hydrogens (tertiary/aromatic N) is 2. The SMILES string of the molecule is C=CCC.C=O.CN=C(C=C(C)C)C(C)=O.Cc1cccc(C)c1C.Cc1ncccc1Br. The van der Waals surface area contributed by atoms with E-state index in [2.05, 4.69) is 78.4 Å². The number of rotatable bonds is 3. The van der Waals surface area contributed by atoms with Gasteiger partial charge >= 0.3 is 0 Å². The van der Waals surface area contributed by atoms with Gasteiger partial charge in [-0.1, -0.05) is 36.8 Å². The van der Waals surface area contributed by atoms with Crippen LogP contribution >= 0.6 is 15.9 Å². The molecule has 33 heavy (non-hydrogen) atoms. The third-order valence-corrected chi connectivity index (χ3v) is 4.97. The molecule has 5 heteroatoms. The highest BCUT2D eigenvalue weighted by molar-refractivity contribution is 9.10. The Balaban J connectivity index is -0.000000367. The monoisotopic (exact) mass is 516 g/mol. The van der Waals surface area contributed by atoms with Crippen molar-refractivity contribution in [3.63, 3.8) is 0 Å². The predicted molar refractivity (Wildman–Crippen MR) is 148 cm³/mol. The van der Waals surface area contributed by atoms with Crippen molar-refractivity contribution < 1.29 is 9.59 Å². The molecule has 1 aromatic heterocycles. The summed E-state index contributed by atoms with van der Waals surface area (Å²) in [7, 11) is 1.62. The molecular weight excluding hydrogens is 476 g/mol. The van der Waals surface area contributed by atoms with Gasteiger partial charge in [-0.2, -0.15) is 0 Å². The highest BCUT2D eigenvalue weighted by Crippen LogP contribution is 2.10. The minimum atomic E-state index is 0.0173. The van der Waals surface area contributed by atoms with Crippen LogP contribution in [0.5, 0.6) is 0 Å². The molecule has 1 aromatic carbocycles. The Bertz CT molecular complexity index is 842. The van der Waals surface area contributed by atoms with Gasteiger partial charge in [-0.15, -0.1) is 6.58 Å². The Kier molecular flexibility index (Phi) is 23.9. The first-order chi connectivity index (χ1) is 15.5. The first-order valence-corrected chi connectivity index (χ1v) is 11.4. The van der Waals surface area contributed by atoms with Crippen LogP contribution < -0.4 is 0 Å². The topological polar surface area (TPSA) is 59.4 Å². The summed E-state index contributed by atoms with van der Waals surface area (Å²) in [6.07, 6.45) is 6.52. The summed E-state index contributed by atoms with van der Waals surface area (Å²) in [6, 6.07) is 10.3. The van der Waals surface area contributed by atoms with Crippen LogP contribution in [0.2, 0.25) is 0 Å². The van der Waals surface area contributed by atoms with Crippen LogP contribution in [0, 0.1) is 27.7 Å². The summed E-state index contributed by atoms with van der Waals surface area (Å²) >= 11 is 3.33. The van der Waals surface area contributed by atoms with Gasteiger partial charge in [-0.05, 0) is 98.8 Å². The van der Waals surface area contributed by atoms with E-state index in [1.54, 1.807) is 19.3 Å².